The molecule has 0 saturated heterocycles. The number of rotatable bonds is 4. The van der Waals surface area contributed by atoms with Gasteiger partial charge in [0.2, 0.25) is 0 Å². The second kappa shape index (κ2) is 5.54. The second-order valence-corrected chi connectivity index (χ2v) is 4.83. The molecule has 0 radical (unpaired) electrons. The number of aryl methyl sites for hydroxylation is 1. The highest BCUT2D eigenvalue weighted by Gasteiger charge is 2.18. The van der Waals surface area contributed by atoms with Gasteiger partial charge < -0.3 is 15.6 Å². The highest BCUT2D eigenvalue weighted by Crippen LogP contribution is 2.27. The van der Waals surface area contributed by atoms with Crippen molar-refractivity contribution in [2.45, 2.75) is 20.3 Å². The van der Waals surface area contributed by atoms with Crippen LogP contribution in [0.25, 0.3) is 10.9 Å². The highest BCUT2D eigenvalue weighted by molar-refractivity contribution is 6.10. The lowest BCUT2D eigenvalue weighted by Gasteiger charge is -2.16. The third-order valence-electron chi connectivity index (χ3n) is 3.42. The summed E-state index contributed by atoms with van der Waals surface area (Å²) >= 11 is 0. The number of halogens is 1. The van der Waals surface area contributed by atoms with Gasteiger partial charge in [0.25, 0.3) is 0 Å². The maximum absolute atomic E-state index is 13.6. The SMILES string of the molecule is CC[C@H](CO)C(=N)c1cc(C)nc2cc(O)c(F)cc12. The zero-order valence-corrected chi connectivity index (χ0v) is 11.4. The van der Waals surface area contributed by atoms with Crippen molar-refractivity contribution in [3.05, 3.63) is 35.3 Å². The van der Waals surface area contributed by atoms with Gasteiger partial charge in [-0.1, -0.05) is 6.92 Å². The van der Waals surface area contributed by atoms with Crippen molar-refractivity contribution in [3.8, 4) is 5.75 Å². The van der Waals surface area contributed by atoms with Gasteiger partial charge in [0.1, 0.15) is 0 Å². The molecule has 1 heterocycles. The number of nitrogens with one attached hydrogen (secondary N) is 1. The van der Waals surface area contributed by atoms with E-state index in [0.717, 1.165) is 0 Å². The van der Waals surface area contributed by atoms with Crippen LogP contribution in [0.1, 0.15) is 24.6 Å². The summed E-state index contributed by atoms with van der Waals surface area (Å²) in [6, 6.07) is 4.15. The first-order valence-electron chi connectivity index (χ1n) is 6.47. The quantitative estimate of drug-likeness (QED) is 0.751. The Balaban J connectivity index is 2.69. The Kier molecular flexibility index (Phi) is 3.99. The van der Waals surface area contributed by atoms with Crippen LogP contribution in [-0.2, 0) is 0 Å². The van der Waals surface area contributed by atoms with E-state index in [-0.39, 0.29) is 18.2 Å². The molecule has 4 nitrogen and oxygen atoms in total. The van der Waals surface area contributed by atoms with Crippen LogP contribution in [0.2, 0.25) is 0 Å². The van der Waals surface area contributed by atoms with E-state index in [1.54, 1.807) is 13.0 Å². The first kappa shape index (κ1) is 14.4. The average Bonchev–Trinajstić information content (AvgIpc) is 2.41. The largest absolute Gasteiger partial charge is 0.505 e. The summed E-state index contributed by atoms with van der Waals surface area (Å²) in [6.07, 6.45) is 0.624. The lowest BCUT2D eigenvalue weighted by molar-refractivity contribution is 0.258. The number of phenols is 1. The van der Waals surface area contributed by atoms with Gasteiger partial charge in [-0.3, -0.25) is 4.98 Å². The topological polar surface area (TPSA) is 77.2 Å². The van der Waals surface area contributed by atoms with Crippen molar-refractivity contribution in [2.24, 2.45) is 5.92 Å². The minimum Gasteiger partial charge on any atom is -0.505 e. The Bertz CT molecular complexity index is 666. The van der Waals surface area contributed by atoms with E-state index >= 15 is 0 Å². The molecule has 0 amide bonds. The number of pyridine rings is 1. The molecule has 0 aliphatic rings. The molecule has 0 bridgehead atoms. The fraction of sp³-hybridized carbons (Fsp3) is 0.333. The van der Waals surface area contributed by atoms with Gasteiger partial charge in [0, 0.05) is 34.3 Å². The molecular formula is C15H17FN2O2. The number of phenolic OH excluding ortho intramolecular Hbond substituents is 1. The van der Waals surface area contributed by atoms with Gasteiger partial charge in [-0.15, -0.1) is 0 Å². The fourth-order valence-electron chi connectivity index (χ4n) is 2.24. The third-order valence-corrected chi connectivity index (χ3v) is 3.42. The molecule has 2 aromatic rings. The van der Waals surface area contributed by atoms with Crippen LogP contribution in [0.3, 0.4) is 0 Å². The number of aliphatic hydroxyl groups is 1. The van der Waals surface area contributed by atoms with Gasteiger partial charge >= 0.3 is 0 Å². The zero-order valence-electron chi connectivity index (χ0n) is 11.4. The molecule has 0 spiro atoms. The Morgan fingerprint density at radius 3 is 2.70 bits per heavy atom. The number of aromatic nitrogens is 1. The number of aliphatic hydroxyl groups excluding tert-OH is 1. The molecule has 0 aliphatic carbocycles. The van der Waals surface area contributed by atoms with Gasteiger partial charge in [-0.2, -0.15) is 0 Å². The summed E-state index contributed by atoms with van der Waals surface area (Å²) in [5.41, 5.74) is 1.93. The van der Waals surface area contributed by atoms with Gasteiger partial charge in [-0.05, 0) is 25.5 Å². The smallest absolute Gasteiger partial charge is 0.165 e. The van der Waals surface area contributed by atoms with Crippen molar-refractivity contribution in [1.29, 1.82) is 5.41 Å². The molecule has 1 atom stereocenters. The lowest BCUT2D eigenvalue weighted by Crippen LogP contribution is -2.18. The molecule has 106 valence electrons. The second-order valence-electron chi connectivity index (χ2n) is 4.83. The molecule has 0 aliphatic heterocycles. The number of benzene rings is 1. The third kappa shape index (κ3) is 2.49. The average molecular weight is 276 g/mol. The van der Waals surface area contributed by atoms with Gasteiger partial charge in [0.15, 0.2) is 11.6 Å². The maximum Gasteiger partial charge on any atom is 0.165 e. The van der Waals surface area contributed by atoms with Crippen LogP contribution >= 0.6 is 0 Å². The summed E-state index contributed by atoms with van der Waals surface area (Å²) in [6.45, 7) is 3.54. The van der Waals surface area contributed by atoms with Crippen LogP contribution in [-0.4, -0.2) is 27.5 Å². The summed E-state index contributed by atoms with van der Waals surface area (Å²) in [7, 11) is 0. The Hall–Kier alpha value is -2.01. The van der Waals surface area contributed by atoms with Crippen molar-refractivity contribution in [3.63, 3.8) is 0 Å². The number of fused-ring (bicyclic) bond motifs is 1. The van der Waals surface area contributed by atoms with Crippen LogP contribution in [0.5, 0.6) is 5.75 Å². The number of nitrogens with zero attached hydrogens (tertiary/aromatic N) is 1. The van der Waals surface area contributed by atoms with Gasteiger partial charge in [-0.25, -0.2) is 4.39 Å². The number of hydrogen-bond donors (Lipinski definition) is 3. The van der Waals surface area contributed by atoms with Crippen LogP contribution in [0.15, 0.2) is 18.2 Å². The molecule has 0 fully saturated rings. The van der Waals surface area contributed by atoms with Crippen molar-refractivity contribution in [2.75, 3.05) is 6.61 Å². The predicted molar refractivity (Wildman–Crippen MR) is 75.8 cm³/mol. The molecule has 20 heavy (non-hydrogen) atoms. The first-order chi connectivity index (χ1) is 9.47. The monoisotopic (exact) mass is 276 g/mol. The summed E-state index contributed by atoms with van der Waals surface area (Å²) in [4.78, 5) is 4.25. The van der Waals surface area contributed by atoms with Crippen LogP contribution in [0, 0.1) is 24.1 Å². The summed E-state index contributed by atoms with van der Waals surface area (Å²) < 4.78 is 13.6. The minimum atomic E-state index is -0.741. The van der Waals surface area contributed by atoms with E-state index in [9.17, 15) is 14.6 Å². The van der Waals surface area contributed by atoms with Crippen molar-refractivity contribution < 1.29 is 14.6 Å². The summed E-state index contributed by atoms with van der Waals surface area (Å²) in [5, 5.41) is 27.4. The molecular weight excluding hydrogens is 259 g/mol. The van der Waals surface area contributed by atoms with Crippen molar-refractivity contribution in [1.82, 2.24) is 4.98 Å². The molecule has 3 N–H and O–H groups in total. The first-order valence-corrected chi connectivity index (χ1v) is 6.47. The van der Waals surface area contributed by atoms with E-state index in [4.69, 9.17) is 5.41 Å². The van der Waals surface area contributed by atoms with E-state index < -0.39 is 11.6 Å². The van der Waals surface area contributed by atoms with E-state index in [1.165, 1.54) is 12.1 Å². The normalized spacial score (nSPS) is 12.6. The molecule has 2 rings (SSSR count). The fourth-order valence-corrected chi connectivity index (χ4v) is 2.24. The standard InChI is InChI=1S/C15H17FN2O2/c1-3-9(7-19)15(17)11-4-8(2)18-13-6-14(20)12(16)5-10(11)13/h4-6,9,17,19-20H,3,7H2,1-2H3/t9-/m1/s1. The Morgan fingerprint density at radius 2 is 2.10 bits per heavy atom. The lowest BCUT2D eigenvalue weighted by atomic mass is 9.92. The molecule has 0 unspecified atom stereocenters. The van der Waals surface area contributed by atoms with Crippen molar-refractivity contribution >= 4 is 16.6 Å². The maximum atomic E-state index is 13.6. The number of hydrogen-bond acceptors (Lipinski definition) is 4. The predicted octanol–water partition coefficient (Wildman–Crippen LogP) is 2.77. The Labute approximate surface area is 116 Å². The van der Waals surface area contributed by atoms with E-state index in [2.05, 4.69) is 4.98 Å². The molecule has 1 aromatic heterocycles. The van der Waals surface area contributed by atoms with E-state index in [1.807, 2.05) is 6.92 Å². The van der Waals surface area contributed by atoms with Crippen LogP contribution in [0.4, 0.5) is 4.39 Å². The molecule has 1 aromatic carbocycles. The van der Waals surface area contributed by atoms with Gasteiger partial charge in [0.05, 0.1) is 12.1 Å². The molecule has 5 heteroatoms. The zero-order chi connectivity index (χ0) is 14.9. The van der Waals surface area contributed by atoms with E-state index in [0.29, 0.717) is 28.6 Å². The highest BCUT2D eigenvalue weighted by atomic mass is 19.1. The minimum absolute atomic E-state index is 0.126. The summed E-state index contributed by atoms with van der Waals surface area (Å²) in [5.74, 6) is -1.49. The van der Waals surface area contributed by atoms with Crippen LogP contribution < -0.4 is 0 Å². The number of aromatic hydroxyl groups is 1. The molecule has 0 saturated carbocycles. The Morgan fingerprint density at radius 1 is 1.40 bits per heavy atom.